The summed E-state index contributed by atoms with van der Waals surface area (Å²) in [4.78, 5) is 35.7. The standard InChI is InChI=1S/2C9H10N2.2C2H2O4.H2O/c2*10-5-7-6-11-9-4-2-1-3-8(7)9;2*3-1(4)2(5)6;/h2*1-4,6,11H,5,10H2;2*(H,3,4)(H,5,6);1H2. The quantitative estimate of drug-likeness (QED) is 0.231. The van der Waals surface area contributed by atoms with Crippen molar-refractivity contribution >= 4 is 46.4 Å². The number of nitrogens with two attached hydrogens (primary N) is 2. The first-order chi connectivity index (χ1) is 16.1. The lowest BCUT2D eigenvalue weighted by atomic mass is 10.1. The lowest BCUT2D eigenvalue weighted by molar-refractivity contribution is -0.492. The van der Waals surface area contributed by atoms with Crippen molar-refractivity contribution in [2.45, 2.75) is 0 Å². The van der Waals surface area contributed by atoms with Crippen LogP contribution in [0.3, 0.4) is 0 Å². The van der Waals surface area contributed by atoms with Crippen molar-refractivity contribution in [2.24, 2.45) is 0 Å². The predicted octanol–water partition coefficient (Wildman–Crippen LogP) is -8.90. The average Bonchev–Trinajstić information content (AvgIpc) is 3.44. The molecule has 0 amide bonds. The zero-order valence-corrected chi connectivity index (χ0v) is 18.5. The second-order valence-corrected chi connectivity index (χ2v) is 6.54. The normalized spacial score (nSPS) is 11.6. The first kappa shape index (κ1) is 30.6. The maximum absolute atomic E-state index is 8.93. The Labute approximate surface area is 199 Å². The number of carboxylic acid groups (broad SMARTS) is 4. The predicted molar refractivity (Wildman–Crippen MR) is 111 cm³/mol. The minimum absolute atomic E-state index is 0. The summed E-state index contributed by atoms with van der Waals surface area (Å²) in [5.74, 6) is -8.74. The van der Waals surface area contributed by atoms with Gasteiger partial charge in [-0.05, 0) is 12.1 Å². The molecular weight excluding hydrogens is 464 g/mol. The second kappa shape index (κ2) is 15.4. The number of hydrogen-bond donors (Lipinski definition) is 4. The largest absolute Gasteiger partial charge is 0.543 e. The molecule has 2 heterocycles. The van der Waals surface area contributed by atoms with E-state index in [0.29, 0.717) is 0 Å². The third-order valence-corrected chi connectivity index (χ3v) is 4.41. The summed E-state index contributed by atoms with van der Waals surface area (Å²) >= 11 is 0. The van der Waals surface area contributed by atoms with Gasteiger partial charge in [-0.2, -0.15) is 0 Å². The molecule has 2 aliphatic rings. The molecule has 35 heavy (non-hydrogen) atoms. The van der Waals surface area contributed by atoms with Gasteiger partial charge < -0.3 is 56.5 Å². The van der Waals surface area contributed by atoms with E-state index in [1.54, 1.807) is 0 Å². The van der Waals surface area contributed by atoms with Gasteiger partial charge in [-0.15, -0.1) is 0 Å². The summed E-state index contributed by atoms with van der Waals surface area (Å²) in [5.41, 5.74) is 15.8. The van der Waals surface area contributed by atoms with Crippen molar-refractivity contribution < 1.29 is 67.2 Å². The molecule has 2 aliphatic heterocycles. The van der Waals surface area contributed by atoms with Crippen LogP contribution in [0.4, 0.5) is 11.4 Å². The van der Waals surface area contributed by atoms with Crippen molar-refractivity contribution in [1.29, 1.82) is 0 Å². The van der Waals surface area contributed by atoms with Crippen LogP contribution in [0.2, 0.25) is 0 Å². The van der Waals surface area contributed by atoms with E-state index in [9.17, 15) is 0 Å². The molecule has 188 valence electrons. The third kappa shape index (κ3) is 9.95. The van der Waals surface area contributed by atoms with Crippen LogP contribution in [0.15, 0.2) is 60.9 Å². The summed E-state index contributed by atoms with van der Waals surface area (Å²) in [6.07, 6.45) is 4.30. The summed E-state index contributed by atoms with van der Waals surface area (Å²) in [6.45, 7) is 1.76. The van der Waals surface area contributed by atoms with Gasteiger partial charge in [0.05, 0.1) is 35.0 Å². The molecule has 0 bridgehead atoms. The molecule has 0 atom stereocenters. The molecule has 2 aromatic carbocycles. The van der Waals surface area contributed by atoms with Gasteiger partial charge in [0.1, 0.15) is 36.9 Å². The van der Waals surface area contributed by atoms with E-state index in [4.69, 9.17) is 39.6 Å². The van der Waals surface area contributed by atoms with E-state index in [1.807, 2.05) is 0 Å². The molecule has 0 radical (unpaired) electrons. The number of para-hydroxylation sites is 2. The number of rotatable bonds is 2. The Balaban J connectivity index is 0.000000457. The van der Waals surface area contributed by atoms with E-state index in [-0.39, 0.29) is 5.48 Å². The summed E-state index contributed by atoms with van der Waals surface area (Å²) in [7, 11) is 0. The summed E-state index contributed by atoms with van der Waals surface area (Å²) < 4.78 is 0. The van der Waals surface area contributed by atoms with Crippen molar-refractivity contribution in [3.8, 4) is 0 Å². The van der Waals surface area contributed by atoms with E-state index in [2.05, 4.69) is 83.0 Å². The summed E-state index contributed by atoms with van der Waals surface area (Å²) in [5, 5.41) is 40.0. The molecule has 0 saturated carbocycles. The van der Waals surface area contributed by atoms with Gasteiger partial charge in [0.15, 0.2) is 0 Å². The fourth-order valence-corrected chi connectivity index (χ4v) is 2.87. The Hall–Kier alpha value is -4.40. The molecule has 4 rings (SSSR count). The fraction of sp³-hybridized carbons (Fsp3) is 0.0909. The SMILES string of the molecule is O.O=C([O-])C(=O)[O-].O=C([O-])C(=O)[O-].[NH3+]CC1=C[NH2+]c2ccccc21.[NH3+]CC1=C[NH2+]c2ccccc21. The number of carbonyl (C=O) groups excluding carboxylic acids is 4. The molecule has 13 nitrogen and oxygen atoms in total. The second-order valence-electron chi connectivity index (χ2n) is 6.54. The lowest BCUT2D eigenvalue weighted by Gasteiger charge is -1.97. The lowest BCUT2D eigenvalue weighted by Crippen LogP contribution is -2.69. The first-order valence-electron chi connectivity index (χ1n) is 9.82. The molecular formula is C22H26N4O9. The minimum Gasteiger partial charge on any atom is -0.543 e. The number of quaternary nitrogens is 4. The number of hydrogen-bond acceptors (Lipinski definition) is 8. The van der Waals surface area contributed by atoms with Gasteiger partial charge in [0.2, 0.25) is 0 Å². The van der Waals surface area contributed by atoms with E-state index in [1.165, 1.54) is 33.6 Å². The van der Waals surface area contributed by atoms with Crippen LogP contribution in [-0.2, 0) is 19.2 Å². The Bertz CT molecular complexity index is 1000. The summed E-state index contributed by atoms with van der Waals surface area (Å²) in [6, 6.07) is 16.8. The molecule has 2 aromatic rings. The topological polar surface area (TPSA) is 281 Å². The molecule has 13 heteroatoms. The van der Waals surface area contributed by atoms with Crippen LogP contribution in [0.5, 0.6) is 0 Å². The van der Waals surface area contributed by atoms with Crippen molar-refractivity contribution in [3.05, 3.63) is 72.1 Å². The fourth-order valence-electron chi connectivity index (χ4n) is 2.87. The van der Waals surface area contributed by atoms with Gasteiger partial charge >= 0.3 is 0 Å². The minimum atomic E-state index is -2.19. The van der Waals surface area contributed by atoms with Crippen LogP contribution >= 0.6 is 0 Å². The Morgan fingerprint density at radius 1 is 0.600 bits per heavy atom. The van der Waals surface area contributed by atoms with Crippen molar-refractivity contribution in [3.63, 3.8) is 0 Å². The molecule has 0 saturated heterocycles. The van der Waals surface area contributed by atoms with Gasteiger partial charge in [-0.3, -0.25) is 10.6 Å². The van der Waals surface area contributed by atoms with Gasteiger partial charge in [0.25, 0.3) is 0 Å². The monoisotopic (exact) mass is 490 g/mol. The van der Waals surface area contributed by atoms with Gasteiger partial charge in [-0.1, -0.05) is 24.3 Å². The maximum atomic E-state index is 8.93. The van der Waals surface area contributed by atoms with Crippen LogP contribution in [0.25, 0.3) is 11.1 Å². The third-order valence-electron chi connectivity index (χ3n) is 4.41. The average molecular weight is 490 g/mol. The maximum Gasteiger partial charge on any atom is 0.142 e. The number of aliphatic carboxylic acids is 4. The molecule has 0 aliphatic carbocycles. The number of carboxylic acids is 4. The molecule has 0 unspecified atom stereocenters. The van der Waals surface area contributed by atoms with Crippen LogP contribution in [0.1, 0.15) is 11.1 Å². The highest BCUT2D eigenvalue weighted by atomic mass is 16.4. The van der Waals surface area contributed by atoms with Gasteiger partial charge in [-0.25, -0.2) is 0 Å². The Kier molecular flexibility index (Phi) is 13.5. The van der Waals surface area contributed by atoms with Crippen LogP contribution in [-0.4, -0.2) is 42.4 Å². The van der Waals surface area contributed by atoms with Crippen molar-refractivity contribution in [1.82, 2.24) is 0 Å². The Morgan fingerprint density at radius 3 is 1.14 bits per heavy atom. The van der Waals surface area contributed by atoms with E-state index >= 15 is 0 Å². The zero-order chi connectivity index (χ0) is 25.7. The van der Waals surface area contributed by atoms with Crippen molar-refractivity contribution in [2.75, 3.05) is 13.1 Å². The molecule has 0 fully saturated rings. The van der Waals surface area contributed by atoms with Gasteiger partial charge in [0, 0.05) is 23.3 Å². The zero-order valence-electron chi connectivity index (χ0n) is 18.5. The van der Waals surface area contributed by atoms with Crippen LogP contribution in [0, 0.1) is 0 Å². The molecule has 0 aromatic heterocycles. The molecule has 12 N–H and O–H groups in total. The van der Waals surface area contributed by atoms with Crippen LogP contribution < -0.4 is 42.5 Å². The highest BCUT2D eigenvalue weighted by Crippen LogP contribution is 2.22. The number of carbonyl (C=O) groups is 4. The smallest absolute Gasteiger partial charge is 0.142 e. The first-order valence-corrected chi connectivity index (χ1v) is 9.82. The highest BCUT2D eigenvalue weighted by Gasteiger charge is 2.17. The molecule has 0 spiro atoms. The number of fused-ring (bicyclic) bond motifs is 2. The highest BCUT2D eigenvalue weighted by molar-refractivity contribution is 6.25. The Morgan fingerprint density at radius 2 is 0.886 bits per heavy atom. The van der Waals surface area contributed by atoms with E-state index < -0.39 is 23.9 Å². The van der Waals surface area contributed by atoms with E-state index in [0.717, 1.165) is 13.1 Å². The number of benzene rings is 2.